The summed E-state index contributed by atoms with van der Waals surface area (Å²) in [4.78, 5) is 13.1. The molecule has 2 aromatic carbocycles. The fourth-order valence-corrected chi connectivity index (χ4v) is 3.48. The maximum atomic E-state index is 12.6. The van der Waals surface area contributed by atoms with Crippen molar-refractivity contribution in [2.75, 3.05) is 11.4 Å². The number of para-hydroxylation sites is 1. The van der Waals surface area contributed by atoms with Crippen LogP contribution in [-0.4, -0.2) is 17.0 Å². The highest BCUT2D eigenvalue weighted by atomic mass is 32.2. The number of ketones is 1. The molecule has 1 heterocycles. The van der Waals surface area contributed by atoms with Crippen LogP contribution in [0.25, 0.3) is 0 Å². The average Bonchev–Trinajstić information content (AvgIpc) is 2.58. The molecule has 0 aromatic heterocycles. The minimum Gasteiger partial charge on any atom is -0.290 e. The van der Waals surface area contributed by atoms with Crippen LogP contribution < -0.4 is 4.31 Å². The number of carbonyl (C=O) groups is 1. The number of carbonyl (C=O) groups excluding carboxylic acids is 1. The molecule has 1 unspecified atom stereocenters. The van der Waals surface area contributed by atoms with E-state index in [0.717, 1.165) is 0 Å². The van der Waals surface area contributed by atoms with E-state index in [-0.39, 0.29) is 5.78 Å². The third kappa shape index (κ3) is 1.75. The van der Waals surface area contributed by atoms with Crippen molar-refractivity contribution in [3.8, 4) is 12.3 Å². The molecule has 2 aromatic rings. The Morgan fingerprint density at radius 3 is 2.65 bits per heavy atom. The van der Waals surface area contributed by atoms with E-state index in [0.29, 0.717) is 27.3 Å². The Morgan fingerprint density at radius 1 is 1.15 bits per heavy atom. The summed E-state index contributed by atoms with van der Waals surface area (Å²) in [5, 5.41) is 0. The molecule has 4 heteroatoms. The van der Waals surface area contributed by atoms with Crippen molar-refractivity contribution in [2.45, 2.75) is 4.90 Å². The van der Waals surface area contributed by atoms with Gasteiger partial charge in [0.05, 0.1) is 10.6 Å². The third-order valence-corrected chi connectivity index (χ3v) is 4.73. The number of hydrogen-bond acceptors (Lipinski definition) is 2. The Kier molecular flexibility index (Phi) is 2.92. The van der Waals surface area contributed by atoms with Gasteiger partial charge in [-0.1, -0.05) is 18.1 Å². The predicted octanol–water partition coefficient (Wildman–Crippen LogP) is 2.37. The maximum Gasteiger partial charge on any atom is 0.196 e. The van der Waals surface area contributed by atoms with Crippen molar-refractivity contribution in [1.29, 1.82) is 0 Å². The van der Waals surface area contributed by atoms with Gasteiger partial charge in [-0.25, -0.2) is 4.21 Å². The van der Waals surface area contributed by atoms with E-state index in [1.807, 2.05) is 6.07 Å². The second-order valence-corrected chi connectivity index (χ2v) is 5.93. The van der Waals surface area contributed by atoms with Crippen molar-refractivity contribution in [3.63, 3.8) is 0 Å². The summed E-state index contributed by atoms with van der Waals surface area (Å²) in [6.45, 7) is 0. The molecule has 0 radical (unpaired) electrons. The SMILES string of the molecule is C#Cc1ccc2c(c1)S(=O)N(C)c1ccccc1C2=O. The molecule has 0 aliphatic carbocycles. The summed E-state index contributed by atoms with van der Waals surface area (Å²) in [7, 11) is 0.254. The number of rotatable bonds is 0. The first-order valence-corrected chi connectivity index (χ1v) is 7.14. The fraction of sp³-hybridized carbons (Fsp3) is 0.0625. The topological polar surface area (TPSA) is 37.4 Å². The second kappa shape index (κ2) is 4.62. The van der Waals surface area contributed by atoms with Crippen molar-refractivity contribution >= 4 is 22.5 Å². The van der Waals surface area contributed by atoms with Crippen LogP contribution in [0.3, 0.4) is 0 Å². The van der Waals surface area contributed by atoms with Crippen LogP contribution in [0, 0.1) is 12.3 Å². The molecule has 1 aliphatic rings. The van der Waals surface area contributed by atoms with Gasteiger partial charge in [0.25, 0.3) is 0 Å². The van der Waals surface area contributed by atoms with Gasteiger partial charge in [-0.3, -0.25) is 9.10 Å². The zero-order valence-corrected chi connectivity index (χ0v) is 11.6. The van der Waals surface area contributed by atoms with Gasteiger partial charge in [-0.2, -0.15) is 0 Å². The molecule has 1 atom stereocenters. The van der Waals surface area contributed by atoms with Crippen molar-refractivity contribution in [3.05, 3.63) is 59.2 Å². The van der Waals surface area contributed by atoms with Gasteiger partial charge in [0.15, 0.2) is 16.8 Å². The molecule has 0 bridgehead atoms. The number of terminal acetylenes is 1. The van der Waals surface area contributed by atoms with E-state index >= 15 is 0 Å². The van der Waals surface area contributed by atoms with Gasteiger partial charge in [0, 0.05) is 23.7 Å². The van der Waals surface area contributed by atoms with E-state index in [9.17, 15) is 9.00 Å². The number of benzene rings is 2. The minimum absolute atomic E-state index is 0.128. The summed E-state index contributed by atoms with van der Waals surface area (Å²) in [6, 6.07) is 12.2. The summed E-state index contributed by atoms with van der Waals surface area (Å²) in [6.07, 6.45) is 5.37. The third-order valence-electron chi connectivity index (χ3n) is 3.32. The zero-order valence-electron chi connectivity index (χ0n) is 10.8. The lowest BCUT2D eigenvalue weighted by Crippen LogP contribution is -2.20. The molecule has 1 aliphatic heterocycles. The monoisotopic (exact) mass is 281 g/mol. The first kappa shape index (κ1) is 12.6. The summed E-state index contributed by atoms with van der Waals surface area (Å²) < 4.78 is 14.2. The molecule has 0 saturated heterocycles. The van der Waals surface area contributed by atoms with E-state index in [1.54, 1.807) is 47.8 Å². The standard InChI is InChI=1S/C16H11NO2S/c1-3-11-8-9-13-15(10-11)20(19)17(2)14-7-5-4-6-12(14)16(13)18/h1,4-10H,2H3. The average molecular weight is 281 g/mol. The van der Waals surface area contributed by atoms with Gasteiger partial charge in [-0.15, -0.1) is 6.42 Å². The molecule has 0 N–H and O–H groups in total. The molecule has 20 heavy (non-hydrogen) atoms. The van der Waals surface area contributed by atoms with E-state index in [1.165, 1.54) is 0 Å². The first-order chi connectivity index (χ1) is 9.63. The van der Waals surface area contributed by atoms with Crippen LogP contribution in [0.1, 0.15) is 21.5 Å². The zero-order chi connectivity index (χ0) is 14.3. The van der Waals surface area contributed by atoms with Crippen LogP contribution in [0.2, 0.25) is 0 Å². The van der Waals surface area contributed by atoms with Gasteiger partial charge in [0.2, 0.25) is 0 Å². The molecule has 98 valence electrons. The van der Waals surface area contributed by atoms with Gasteiger partial charge < -0.3 is 0 Å². The summed E-state index contributed by atoms with van der Waals surface area (Å²) >= 11 is 0. The van der Waals surface area contributed by atoms with Gasteiger partial charge in [-0.05, 0) is 30.3 Å². The highest BCUT2D eigenvalue weighted by Crippen LogP contribution is 2.32. The second-order valence-electron chi connectivity index (χ2n) is 4.45. The molecule has 0 fully saturated rings. The lowest BCUT2D eigenvalue weighted by molar-refractivity contribution is 0.103. The number of hydrogen-bond donors (Lipinski definition) is 0. The summed E-state index contributed by atoms with van der Waals surface area (Å²) in [5.74, 6) is 2.38. The van der Waals surface area contributed by atoms with E-state index in [4.69, 9.17) is 6.42 Å². The molecule has 0 amide bonds. The molecular weight excluding hydrogens is 270 g/mol. The van der Waals surface area contributed by atoms with Crippen LogP contribution in [-0.2, 0) is 11.0 Å². The molecular formula is C16H11NO2S. The summed E-state index contributed by atoms with van der Waals surface area (Å²) in [5.41, 5.74) is 2.27. The fourth-order valence-electron chi connectivity index (χ4n) is 2.27. The highest BCUT2D eigenvalue weighted by molar-refractivity contribution is 7.86. The molecule has 3 nitrogen and oxygen atoms in total. The Hall–Kier alpha value is -2.38. The maximum absolute atomic E-state index is 12.6. The Balaban J connectivity index is 2.32. The van der Waals surface area contributed by atoms with Gasteiger partial charge in [0.1, 0.15) is 0 Å². The Labute approximate surface area is 119 Å². The predicted molar refractivity (Wildman–Crippen MR) is 79.1 cm³/mol. The molecule has 0 saturated carbocycles. The molecule has 0 spiro atoms. The Morgan fingerprint density at radius 2 is 1.90 bits per heavy atom. The number of fused-ring (bicyclic) bond motifs is 2. The smallest absolute Gasteiger partial charge is 0.196 e. The first-order valence-electron chi connectivity index (χ1n) is 6.03. The Bertz CT molecular complexity index is 789. The number of anilines is 1. The minimum atomic E-state index is -1.45. The van der Waals surface area contributed by atoms with E-state index < -0.39 is 11.0 Å². The lowest BCUT2D eigenvalue weighted by atomic mass is 10.0. The highest BCUT2D eigenvalue weighted by Gasteiger charge is 2.28. The van der Waals surface area contributed by atoms with E-state index in [2.05, 4.69) is 5.92 Å². The van der Waals surface area contributed by atoms with Crippen molar-refractivity contribution in [2.24, 2.45) is 0 Å². The molecule has 3 rings (SSSR count). The van der Waals surface area contributed by atoms with Crippen molar-refractivity contribution < 1.29 is 9.00 Å². The van der Waals surface area contributed by atoms with Crippen molar-refractivity contribution in [1.82, 2.24) is 0 Å². The van der Waals surface area contributed by atoms with Crippen LogP contribution in [0.4, 0.5) is 5.69 Å². The lowest BCUT2D eigenvalue weighted by Gasteiger charge is -2.17. The largest absolute Gasteiger partial charge is 0.290 e. The van der Waals surface area contributed by atoms with Gasteiger partial charge >= 0.3 is 0 Å². The normalized spacial score (nSPS) is 16.9. The van der Waals surface area contributed by atoms with Crippen LogP contribution >= 0.6 is 0 Å². The van der Waals surface area contributed by atoms with Crippen LogP contribution in [0.5, 0.6) is 0 Å². The quantitative estimate of drug-likeness (QED) is 0.695. The van der Waals surface area contributed by atoms with Crippen LogP contribution in [0.15, 0.2) is 47.4 Å². The number of nitrogens with zero attached hydrogens (tertiary/aromatic N) is 1.